The SMILES string of the molecule is COc1ccc2c(c1)CCN2C(=O)[C@@H]1CCC[C@@H]1CN. The van der Waals surface area contributed by atoms with Crippen molar-refractivity contribution in [2.75, 3.05) is 25.1 Å². The number of carbonyl (C=O) groups is 1. The fourth-order valence-electron chi connectivity index (χ4n) is 3.58. The van der Waals surface area contributed by atoms with Gasteiger partial charge in [-0.3, -0.25) is 4.79 Å². The molecule has 0 unspecified atom stereocenters. The van der Waals surface area contributed by atoms with Gasteiger partial charge in [0.1, 0.15) is 5.75 Å². The smallest absolute Gasteiger partial charge is 0.230 e. The highest BCUT2D eigenvalue weighted by molar-refractivity contribution is 5.97. The number of rotatable bonds is 3. The first-order valence-electron chi connectivity index (χ1n) is 7.43. The fraction of sp³-hybridized carbons (Fsp3) is 0.562. The number of amides is 1. The highest BCUT2D eigenvalue weighted by Gasteiger charge is 2.37. The Hall–Kier alpha value is -1.55. The molecule has 2 N–H and O–H groups in total. The molecule has 4 heteroatoms. The Morgan fingerprint density at radius 2 is 2.30 bits per heavy atom. The maximum absolute atomic E-state index is 12.8. The lowest BCUT2D eigenvalue weighted by molar-refractivity contribution is -0.123. The molecule has 1 heterocycles. The quantitative estimate of drug-likeness (QED) is 0.916. The molecule has 108 valence electrons. The van der Waals surface area contributed by atoms with E-state index in [0.717, 1.165) is 43.7 Å². The molecule has 20 heavy (non-hydrogen) atoms. The fourth-order valence-corrected chi connectivity index (χ4v) is 3.58. The van der Waals surface area contributed by atoms with E-state index in [4.69, 9.17) is 10.5 Å². The molecule has 1 fully saturated rings. The van der Waals surface area contributed by atoms with Crippen LogP contribution in [0.5, 0.6) is 5.75 Å². The maximum atomic E-state index is 12.8. The van der Waals surface area contributed by atoms with Gasteiger partial charge >= 0.3 is 0 Å². The van der Waals surface area contributed by atoms with Gasteiger partial charge in [0.15, 0.2) is 0 Å². The van der Waals surface area contributed by atoms with Gasteiger partial charge in [-0.05, 0) is 55.5 Å². The number of ether oxygens (including phenoxy) is 1. The molecule has 0 radical (unpaired) electrons. The van der Waals surface area contributed by atoms with Crippen LogP contribution in [0.2, 0.25) is 0 Å². The van der Waals surface area contributed by atoms with E-state index >= 15 is 0 Å². The van der Waals surface area contributed by atoms with Crippen molar-refractivity contribution >= 4 is 11.6 Å². The van der Waals surface area contributed by atoms with Crippen molar-refractivity contribution in [1.82, 2.24) is 0 Å². The molecule has 4 nitrogen and oxygen atoms in total. The number of methoxy groups -OCH3 is 1. The molecule has 1 aliphatic heterocycles. The van der Waals surface area contributed by atoms with Crippen molar-refractivity contribution in [3.05, 3.63) is 23.8 Å². The van der Waals surface area contributed by atoms with Gasteiger partial charge in [0.25, 0.3) is 0 Å². The lowest BCUT2D eigenvalue weighted by atomic mass is 9.94. The van der Waals surface area contributed by atoms with Crippen LogP contribution in [0.15, 0.2) is 18.2 Å². The van der Waals surface area contributed by atoms with Gasteiger partial charge < -0.3 is 15.4 Å². The molecule has 1 aliphatic carbocycles. The zero-order chi connectivity index (χ0) is 14.1. The summed E-state index contributed by atoms with van der Waals surface area (Å²) < 4.78 is 5.25. The van der Waals surface area contributed by atoms with Crippen LogP contribution in [-0.2, 0) is 11.2 Å². The minimum absolute atomic E-state index is 0.119. The van der Waals surface area contributed by atoms with Crippen molar-refractivity contribution in [2.24, 2.45) is 17.6 Å². The summed E-state index contributed by atoms with van der Waals surface area (Å²) in [6.07, 6.45) is 4.12. The van der Waals surface area contributed by atoms with Gasteiger partial charge in [-0.1, -0.05) is 6.42 Å². The second kappa shape index (κ2) is 5.44. The minimum atomic E-state index is 0.119. The molecule has 0 spiro atoms. The first kappa shape index (κ1) is 13.4. The van der Waals surface area contributed by atoms with E-state index in [1.165, 1.54) is 5.56 Å². The molecule has 1 aromatic carbocycles. The summed E-state index contributed by atoms with van der Waals surface area (Å²) in [6.45, 7) is 1.41. The standard InChI is InChI=1S/C16H22N2O2/c1-20-13-5-6-15-11(9-13)7-8-18(15)16(19)14-4-2-3-12(14)10-17/h5-6,9,12,14H,2-4,7-8,10,17H2,1H3/t12-,14-/m1/s1. The predicted molar refractivity (Wildman–Crippen MR) is 78.9 cm³/mol. The van der Waals surface area contributed by atoms with Crippen molar-refractivity contribution < 1.29 is 9.53 Å². The Labute approximate surface area is 119 Å². The molecular formula is C16H22N2O2. The third-order valence-electron chi connectivity index (χ3n) is 4.73. The molecule has 0 aromatic heterocycles. The van der Waals surface area contributed by atoms with Crippen LogP contribution in [0, 0.1) is 11.8 Å². The van der Waals surface area contributed by atoms with Gasteiger partial charge in [-0.25, -0.2) is 0 Å². The van der Waals surface area contributed by atoms with E-state index in [1.54, 1.807) is 7.11 Å². The molecule has 0 bridgehead atoms. The Morgan fingerprint density at radius 3 is 3.05 bits per heavy atom. The zero-order valence-corrected chi connectivity index (χ0v) is 12.0. The van der Waals surface area contributed by atoms with Crippen molar-refractivity contribution in [1.29, 1.82) is 0 Å². The second-order valence-corrected chi connectivity index (χ2v) is 5.77. The van der Waals surface area contributed by atoms with Crippen LogP contribution in [0.25, 0.3) is 0 Å². The molecule has 2 aliphatic rings. The van der Waals surface area contributed by atoms with Gasteiger partial charge in [-0.2, -0.15) is 0 Å². The number of carbonyl (C=O) groups excluding carboxylic acids is 1. The molecule has 3 rings (SSSR count). The molecule has 1 saturated carbocycles. The van der Waals surface area contributed by atoms with Crippen LogP contribution in [0.1, 0.15) is 24.8 Å². The molecule has 0 saturated heterocycles. The summed E-state index contributed by atoms with van der Waals surface area (Å²) in [5, 5.41) is 0. The highest BCUT2D eigenvalue weighted by Crippen LogP contribution is 2.37. The van der Waals surface area contributed by atoms with Crippen molar-refractivity contribution in [3.8, 4) is 5.75 Å². The Morgan fingerprint density at radius 1 is 1.45 bits per heavy atom. The van der Waals surface area contributed by atoms with Gasteiger partial charge in [0, 0.05) is 18.2 Å². The topological polar surface area (TPSA) is 55.6 Å². The van der Waals surface area contributed by atoms with Gasteiger partial charge in [-0.15, -0.1) is 0 Å². The average Bonchev–Trinajstić information content (AvgIpc) is 3.12. The number of hydrogen-bond acceptors (Lipinski definition) is 3. The lowest BCUT2D eigenvalue weighted by Gasteiger charge is -2.24. The number of benzene rings is 1. The molecule has 1 aromatic rings. The summed E-state index contributed by atoms with van der Waals surface area (Å²) in [7, 11) is 1.67. The molecule has 1 amide bonds. The number of fused-ring (bicyclic) bond motifs is 1. The summed E-state index contributed by atoms with van der Waals surface area (Å²) in [6, 6.07) is 5.97. The number of nitrogens with two attached hydrogens (primary N) is 1. The van der Waals surface area contributed by atoms with E-state index in [2.05, 4.69) is 0 Å². The van der Waals surface area contributed by atoms with E-state index in [0.29, 0.717) is 12.5 Å². The highest BCUT2D eigenvalue weighted by atomic mass is 16.5. The third-order valence-corrected chi connectivity index (χ3v) is 4.73. The van der Waals surface area contributed by atoms with Gasteiger partial charge in [0.05, 0.1) is 7.11 Å². The van der Waals surface area contributed by atoms with Crippen LogP contribution >= 0.6 is 0 Å². The monoisotopic (exact) mass is 274 g/mol. The molecule has 2 atom stereocenters. The Balaban J connectivity index is 1.82. The summed E-state index contributed by atoms with van der Waals surface area (Å²) >= 11 is 0. The van der Waals surface area contributed by atoms with Crippen molar-refractivity contribution in [2.45, 2.75) is 25.7 Å². The van der Waals surface area contributed by atoms with E-state index in [9.17, 15) is 4.79 Å². The first-order valence-corrected chi connectivity index (χ1v) is 7.43. The largest absolute Gasteiger partial charge is 0.497 e. The number of nitrogens with zero attached hydrogens (tertiary/aromatic N) is 1. The predicted octanol–water partition coefficient (Wildman–Crippen LogP) is 1.96. The Kier molecular flexibility index (Phi) is 3.66. The summed E-state index contributed by atoms with van der Waals surface area (Å²) in [5.74, 6) is 1.61. The number of anilines is 1. The van der Waals surface area contributed by atoms with Crippen LogP contribution < -0.4 is 15.4 Å². The normalized spacial score (nSPS) is 24.8. The Bertz CT molecular complexity index is 515. The van der Waals surface area contributed by atoms with Crippen LogP contribution in [0.4, 0.5) is 5.69 Å². The second-order valence-electron chi connectivity index (χ2n) is 5.77. The molecular weight excluding hydrogens is 252 g/mol. The zero-order valence-electron chi connectivity index (χ0n) is 12.0. The summed E-state index contributed by atoms with van der Waals surface area (Å²) in [4.78, 5) is 14.7. The number of hydrogen-bond donors (Lipinski definition) is 1. The van der Waals surface area contributed by atoms with E-state index < -0.39 is 0 Å². The van der Waals surface area contributed by atoms with E-state index in [-0.39, 0.29) is 11.8 Å². The minimum Gasteiger partial charge on any atom is -0.497 e. The maximum Gasteiger partial charge on any atom is 0.230 e. The first-order chi connectivity index (χ1) is 9.74. The van der Waals surface area contributed by atoms with Crippen LogP contribution in [0.3, 0.4) is 0 Å². The lowest BCUT2D eigenvalue weighted by Crippen LogP contribution is -2.38. The average molecular weight is 274 g/mol. The van der Waals surface area contributed by atoms with E-state index in [1.807, 2.05) is 23.1 Å². The van der Waals surface area contributed by atoms with Crippen molar-refractivity contribution in [3.63, 3.8) is 0 Å². The van der Waals surface area contributed by atoms with Gasteiger partial charge in [0.2, 0.25) is 5.91 Å². The summed E-state index contributed by atoms with van der Waals surface area (Å²) in [5.41, 5.74) is 8.07. The van der Waals surface area contributed by atoms with Crippen LogP contribution in [-0.4, -0.2) is 26.1 Å². The third kappa shape index (κ3) is 2.18.